The highest BCUT2D eigenvalue weighted by Gasteiger charge is 1.98. The topological polar surface area (TPSA) is 39.2 Å². The Morgan fingerprint density at radius 2 is 2.14 bits per heavy atom. The van der Waals surface area contributed by atoms with Crippen LogP contribution in [0.15, 0.2) is 40.8 Å². The number of rotatable bonds is 3. The van der Waals surface area contributed by atoms with Gasteiger partial charge in [0.15, 0.2) is 0 Å². The van der Waals surface area contributed by atoms with E-state index in [0.717, 1.165) is 23.2 Å². The first-order valence-corrected chi connectivity index (χ1v) is 4.75. The second-order valence-corrected chi connectivity index (χ2v) is 3.17. The average molecular weight is 187 g/mol. The molecule has 2 rings (SSSR count). The van der Waals surface area contributed by atoms with E-state index in [2.05, 4.69) is 0 Å². The Hall–Kier alpha value is -1.54. The number of furan rings is 1. The zero-order valence-corrected chi connectivity index (χ0v) is 7.94. The first-order valence-electron chi connectivity index (χ1n) is 4.75. The molecule has 0 unspecified atom stereocenters. The first kappa shape index (κ1) is 9.03. The second kappa shape index (κ2) is 4.11. The molecule has 1 heterocycles. The molecule has 0 spiro atoms. The van der Waals surface area contributed by atoms with Gasteiger partial charge in [0.05, 0.1) is 0 Å². The van der Waals surface area contributed by atoms with Crippen molar-refractivity contribution in [3.05, 3.63) is 42.2 Å². The molecule has 0 fully saturated rings. The maximum Gasteiger partial charge on any atom is 0.134 e. The minimum atomic E-state index is 0.677. The summed E-state index contributed by atoms with van der Waals surface area (Å²) in [4.78, 5) is 0. The maximum atomic E-state index is 5.59. The Morgan fingerprint density at radius 1 is 1.29 bits per heavy atom. The van der Waals surface area contributed by atoms with Crippen LogP contribution >= 0.6 is 0 Å². The molecule has 0 aliphatic rings. The molecule has 1 aromatic carbocycles. The van der Waals surface area contributed by atoms with Crippen LogP contribution in [-0.4, -0.2) is 6.54 Å². The lowest BCUT2D eigenvalue weighted by atomic mass is 10.2. The van der Waals surface area contributed by atoms with Crippen molar-refractivity contribution in [2.24, 2.45) is 5.73 Å². The summed E-state index contributed by atoms with van der Waals surface area (Å²) in [6.07, 6.45) is 4.88. The zero-order valence-electron chi connectivity index (χ0n) is 7.94. The van der Waals surface area contributed by atoms with Crippen LogP contribution in [0.5, 0.6) is 0 Å². The van der Waals surface area contributed by atoms with Crippen LogP contribution in [-0.2, 0) is 0 Å². The summed E-state index contributed by atoms with van der Waals surface area (Å²) in [6.45, 7) is 0.677. The lowest BCUT2D eigenvalue weighted by Crippen LogP contribution is -1.94. The van der Waals surface area contributed by atoms with Crippen molar-refractivity contribution in [1.82, 2.24) is 0 Å². The minimum absolute atomic E-state index is 0.677. The SMILES string of the molecule is NCCC=Cc1cc2ccccc2o1. The normalized spacial score (nSPS) is 11.5. The van der Waals surface area contributed by atoms with E-state index >= 15 is 0 Å². The average Bonchev–Trinajstić information content (AvgIpc) is 2.60. The third kappa shape index (κ3) is 1.86. The van der Waals surface area contributed by atoms with Gasteiger partial charge in [0.2, 0.25) is 0 Å². The van der Waals surface area contributed by atoms with Crippen molar-refractivity contribution >= 4 is 17.0 Å². The number of para-hydroxylation sites is 1. The molecule has 0 radical (unpaired) electrons. The molecule has 0 amide bonds. The Morgan fingerprint density at radius 3 is 2.93 bits per heavy atom. The van der Waals surface area contributed by atoms with Gasteiger partial charge in [0, 0.05) is 5.39 Å². The molecule has 2 nitrogen and oxygen atoms in total. The van der Waals surface area contributed by atoms with E-state index in [-0.39, 0.29) is 0 Å². The summed E-state index contributed by atoms with van der Waals surface area (Å²) in [7, 11) is 0. The Bertz CT molecular complexity index is 409. The quantitative estimate of drug-likeness (QED) is 0.802. The van der Waals surface area contributed by atoms with E-state index in [4.69, 9.17) is 10.2 Å². The Kier molecular flexibility index (Phi) is 2.65. The summed E-state index contributed by atoms with van der Waals surface area (Å²) < 4.78 is 5.59. The monoisotopic (exact) mass is 187 g/mol. The summed E-state index contributed by atoms with van der Waals surface area (Å²) in [6, 6.07) is 10.0. The molecule has 72 valence electrons. The van der Waals surface area contributed by atoms with Crippen LogP contribution in [0.2, 0.25) is 0 Å². The molecule has 14 heavy (non-hydrogen) atoms. The van der Waals surface area contributed by atoms with E-state index in [1.165, 1.54) is 0 Å². The zero-order chi connectivity index (χ0) is 9.80. The molecule has 2 heteroatoms. The highest BCUT2D eigenvalue weighted by atomic mass is 16.3. The van der Waals surface area contributed by atoms with Crippen LogP contribution in [0.3, 0.4) is 0 Å². The molecule has 0 bridgehead atoms. The molecule has 1 aromatic heterocycles. The van der Waals surface area contributed by atoms with Gasteiger partial charge in [-0.3, -0.25) is 0 Å². The Labute approximate surface area is 83.0 Å². The number of benzene rings is 1. The number of nitrogens with two attached hydrogens (primary N) is 1. The second-order valence-electron chi connectivity index (χ2n) is 3.17. The van der Waals surface area contributed by atoms with Gasteiger partial charge in [0.25, 0.3) is 0 Å². The van der Waals surface area contributed by atoms with Crippen molar-refractivity contribution in [3.8, 4) is 0 Å². The fourth-order valence-electron chi connectivity index (χ4n) is 1.38. The predicted molar refractivity (Wildman–Crippen MR) is 58.9 cm³/mol. The molecule has 0 aliphatic carbocycles. The highest BCUT2D eigenvalue weighted by molar-refractivity contribution is 5.79. The molecule has 0 saturated carbocycles. The van der Waals surface area contributed by atoms with Crippen LogP contribution in [0.4, 0.5) is 0 Å². The lowest BCUT2D eigenvalue weighted by molar-refractivity contribution is 0.604. The molecule has 2 aromatic rings. The van der Waals surface area contributed by atoms with Crippen molar-refractivity contribution in [2.45, 2.75) is 6.42 Å². The summed E-state index contributed by atoms with van der Waals surface area (Å²) in [5, 5.41) is 1.14. The van der Waals surface area contributed by atoms with Gasteiger partial charge in [-0.05, 0) is 31.2 Å². The van der Waals surface area contributed by atoms with Gasteiger partial charge < -0.3 is 10.2 Å². The molecule has 2 N–H and O–H groups in total. The van der Waals surface area contributed by atoms with E-state index in [1.54, 1.807) is 0 Å². The standard InChI is InChI=1S/C12H13NO/c13-8-4-3-6-11-9-10-5-1-2-7-12(10)14-11/h1-3,5-7,9H,4,8,13H2. The van der Waals surface area contributed by atoms with E-state index < -0.39 is 0 Å². The third-order valence-corrected chi connectivity index (χ3v) is 2.06. The van der Waals surface area contributed by atoms with Gasteiger partial charge in [-0.1, -0.05) is 24.3 Å². The van der Waals surface area contributed by atoms with E-state index in [9.17, 15) is 0 Å². The molecule has 0 aliphatic heterocycles. The van der Waals surface area contributed by atoms with Gasteiger partial charge in [-0.15, -0.1) is 0 Å². The molecular formula is C12H13NO. The fraction of sp³-hybridized carbons (Fsp3) is 0.167. The Balaban J connectivity index is 2.27. The maximum absolute atomic E-state index is 5.59. The summed E-state index contributed by atoms with van der Waals surface area (Å²) >= 11 is 0. The molecule has 0 atom stereocenters. The smallest absolute Gasteiger partial charge is 0.134 e. The minimum Gasteiger partial charge on any atom is -0.457 e. The van der Waals surface area contributed by atoms with E-state index in [0.29, 0.717) is 6.54 Å². The first-order chi connectivity index (χ1) is 6.90. The van der Waals surface area contributed by atoms with Crippen molar-refractivity contribution in [3.63, 3.8) is 0 Å². The van der Waals surface area contributed by atoms with E-state index in [1.807, 2.05) is 42.5 Å². The van der Waals surface area contributed by atoms with Gasteiger partial charge >= 0.3 is 0 Å². The van der Waals surface area contributed by atoms with Crippen molar-refractivity contribution < 1.29 is 4.42 Å². The largest absolute Gasteiger partial charge is 0.457 e. The van der Waals surface area contributed by atoms with Crippen LogP contribution in [0.1, 0.15) is 12.2 Å². The number of hydrogen-bond acceptors (Lipinski definition) is 2. The van der Waals surface area contributed by atoms with Crippen molar-refractivity contribution in [2.75, 3.05) is 6.54 Å². The molecular weight excluding hydrogens is 174 g/mol. The summed E-state index contributed by atoms with van der Waals surface area (Å²) in [5.41, 5.74) is 6.32. The lowest BCUT2D eigenvalue weighted by Gasteiger charge is -1.84. The molecule has 0 saturated heterocycles. The third-order valence-electron chi connectivity index (χ3n) is 2.06. The van der Waals surface area contributed by atoms with Crippen molar-refractivity contribution in [1.29, 1.82) is 0 Å². The number of hydrogen-bond donors (Lipinski definition) is 1. The highest BCUT2D eigenvalue weighted by Crippen LogP contribution is 2.19. The fourth-order valence-corrected chi connectivity index (χ4v) is 1.38. The predicted octanol–water partition coefficient (Wildman–Crippen LogP) is 2.79. The van der Waals surface area contributed by atoms with Gasteiger partial charge in [-0.25, -0.2) is 0 Å². The van der Waals surface area contributed by atoms with Crippen LogP contribution < -0.4 is 5.73 Å². The van der Waals surface area contributed by atoms with Crippen LogP contribution in [0, 0.1) is 0 Å². The van der Waals surface area contributed by atoms with Gasteiger partial charge in [-0.2, -0.15) is 0 Å². The summed E-state index contributed by atoms with van der Waals surface area (Å²) in [5.74, 6) is 0.889. The number of fused-ring (bicyclic) bond motifs is 1. The van der Waals surface area contributed by atoms with Crippen LogP contribution in [0.25, 0.3) is 17.0 Å². The van der Waals surface area contributed by atoms with Gasteiger partial charge in [0.1, 0.15) is 11.3 Å².